The molecule has 1 aromatic rings. The van der Waals surface area contributed by atoms with Gasteiger partial charge in [-0.15, -0.1) is 11.6 Å². The normalized spacial score (nSPS) is 10.6. The van der Waals surface area contributed by atoms with Crippen molar-refractivity contribution in [1.29, 1.82) is 0 Å². The Morgan fingerprint density at radius 3 is 2.71 bits per heavy atom. The van der Waals surface area contributed by atoms with Gasteiger partial charge in [-0.05, 0) is 5.56 Å². The number of pyridine rings is 1. The van der Waals surface area contributed by atoms with E-state index < -0.39 is 12.1 Å². The molecule has 1 aromatic heterocycles. The van der Waals surface area contributed by atoms with Crippen molar-refractivity contribution in [3.63, 3.8) is 0 Å². The van der Waals surface area contributed by atoms with Crippen LogP contribution in [0.15, 0.2) is 6.07 Å². The number of aromatic nitrogens is 1. The summed E-state index contributed by atoms with van der Waals surface area (Å²) in [5.74, 6) is 0.134. The molecule has 0 fully saturated rings. The van der Waals surface area contributed by atoms with E-state index in [1.54, 1.807) is 0 Å². The first-order valence-electron chi connectivity index (χ1n) is 3.77. The van der Waals surface area contributed by atoms with Crippen LogP contribution in [-0.2, 0) is 5.88 Å². The van der Waals surface area contributed by atoms with Gasteiger partial charge in [0.05, 0.1) is 12.8 Å². The number of methoxy groups -OCH3 is 1. The van der Waals surface area contributed by atoms with E-state index in [1.165, 1.54) is 13.2 Å². The Kier molecular flexibility index (Phi) is 3.46. The number of nitrogen functional groups attached to an aromatic ring is 1. The Hall–Kier alpha value is -1.10. The summed E-state index contributed by atoms with van der Waals surface area (Å²) in [5, 5.41) is 0. The molecule has 1 heterocycles. The first-order valence-corrected chi connectivity index (χ1v) is 4.31. The lowest BCUT2D eigenvalue weighted by Gasteiger charge is -2.09. The zero-order valence-electron chi connectivity index (χ0n) is 7.43. The van der Waals surface area contributed by atoms with Crippen LogP contribution in [0.1, 0.15) is 17.7 Å². The van der Waals surface area contributed by atoms with Gasteiger partial charge in [0.2, 0.25) is 5.88 Å². The molecule has 0 atom stereocenters. The van der Waals surface area contributed by atoms with Gasteiger partial charge in [-0.1, -0.05) is 0 Å². The van der Waals surface area contributed by atoms with Gasteiger partial charge in [0.1, 0.15) is 5.69 Å². The largest absolute Gasteiger partial charge is 0.481 e. The summed E-state index contributed by atoms with van der Waals surface area (Å²) in [6.45, 7) is 0. The maximum Gasteiger partial charge on any atom is 0.282 e. The molecule has 1 rings (SSSR count). The summed E-state index contributed by atoms with van der Waals surface area (Å²) in [6, 6.07) is 1.44. The van der Waals surface area contributed by atoms with Gasteiger partial charge in [0.15, 0.2) is 0 Å². The van der Waals surface area contributed by atoms with Gasteiger partial charge >= 0.3 is 0 Å². The molecule has 6 heteroatoms. The maximum atomic E-state index is 12.4. The van der Waals surface area contributed by atoms with E-state index in [1.807, 2.05) is 0 Å². The molecule has 78 valence electrons. The Morgan fingerprint density at radius 1 is 1.64 bits per heavy atom. The fraction of sp³-hybridized carbons (Fsp3) is 0.375. The fourth-order valence-electron chi connectivity index (χ4n) is 0.984. The van der Waals surface area contributed by atoms with Crippen molar-refractivity contribution in [1.82, 2.24) is 4.98 Å². The van der Waals surface area contributed by atoms with Crippen molar-refractivity contribution in [3.05, 3.63) is 17.3 Å². The summed E-state index contributed by atoms with van der Waals surface area (Å²) in [7, 11) is 1.34. The number of alkyl halides is 3. The van der Waals surface area contributed by atoms with Crippen molar-refractivity contribution in [3.8, 4) is 5.88 Å². The average Bonchev–Trinajstić information content (AvgIpc) is 2.17. The lowest BCUT2D eigenvalue weighted by Crippen LogP contribution is -2.04. The Labute approximate surface area is 84.8 Å². The Bertz CT molecular complexity index is 333. The second-order valence-electron chi connectivity index (χ2n) is 2.56. The lowest BCUT2D eigenvalue weighted by molar-refractivity contribution is 0.146. The summed E-state index contributed by atoms with van der Waals surface area (Å²) in [4.78, 5) is 3.54. The number of hydrogen-bond acceptors (Lipinski definition) is 3. The minimum Gasteiger partial charge on any atom is -0.481 e. The maximum absolute atomic E-state index is 12.4. The second kappa shape index (κ2) is 4.41. The molecule has 2 N–H and O–H groups in total. The predicted octanol–water partition coefficient (Wildman–Crippen LogP) is 2.35. The Balaban J connectivity index is 3.27. The molecule has 3 nitrogen and oxygen atoms in total. The molecule has 14 heavy (non-hydrogen) atoms. The van der Waals surface area contributed by atoms with Gasteiger partial charge in [-0.2, -0.15) is 0 Å². The summed E-state index contributed by atoms with van der Waals surface area (Å²) >= 11 is 5.53. The topological polar surface area (TPSA) is 48.1 Å². The minimum absolute atomic E-state index is 0.0461. The average molecular weight is 223 g/mol. The highest BCUT2D eigenvalue weighted by atomic mass is 35.5. The van der Waals surface area contributed by atoms with E-state index in [4.69, 9.17) is 22.1 Å². The van der Waals surface area contributed by atoms with Gasteiger partial charge in [0.25, 0.3) is 6.43 Å². The lowest BCUT2D eigenvalue weighted by atomic mass is 10.2. The summed E-state index contributed by atoms with van der Waals surface area (Å²) < 4.78 is 29.6. The van der Waals surface area contributed by atoms with E-state index >= 15 is 0 Å². The number of ether oxygens (including phenoxy) is 1. The van der Waals surface area contributed by atoms with Crippen molar-refractivity contribution in [2.24, 2.45) is 0 Å². The van der Waals surface area contributed by atoms with Crippen LogP contribution < -0.4 is 10.5 Å². The van der Waals surface area contributed by atoms with Crippen LogP contribution in [0.2, 0.25) is 0 Å². The number of nitrogens with two attached hydrogens (primary N) is 1. The first-order chi connectivity index (χ1) is 6.60. The molecule has 0 bridgehead atoms. The Morgan fingerprint density at radius 2 is 2.29 bits per heavy atom. The third-order valence-corrected chi connectivity index (χ3v) is 2.00. The third-order valence-electron chi connectivity index (χ3n) is 1.71. The molecular weight excluding hydrogens is 214 g/mol. The summed E-state index contributed by atoms with van der Waals surface area (Å²) in [5.41, 5.74) is 5.27. The number of nitrogens with zero attached hydrogens (tertiary/aromatic N) is 1. The predicted molar refractivity (Wildman–Crippen MR) is 49.7 cm³/mol. The fourth-order valence-corrected chi connectivity index (χ4v) is 1.21. The molecule has 0 amide bonds. The monoisotopic (exact) mass is 222 g/mol. The number of rotatable bonds is 3. The van der Waals surface area contributed by atoms with E-state index in [-0.39, 0.29) is 17.4 Å². The molecule has 0 aromatic carbocycles. The van der Waals surface area contributed by atoms with Gasteiger partial charge in [-0.3, -0.25) is 0 Å². The number of hydrogen-bond donors (Lipinski definition) is 1. The van der Waals surface area contributed by atoms with Crippen LogP contribution in [0.4, 0.5) is 14.5 Å². The van der Waals surface area contributed by atoms with Crippen LogP contribution in [0.3, 0.4) is 0 Å². The molecule has 0 saturated carbocycles. The molecule has 0 saturated heterocycles. The first kappa shape index (κ1) is 11.0. The van der Waals surface area contributed by atoms with Crippen molar-refractivity contribution in [2.75, 3.05) is 12.8 Å². The summed E-state index contributed by atoms with van der Waals surface area (Å²) in [6.07, 6.45) is -2.73. The minimum atomic E-state index is -2.73. The third kappa shape index (κ3) is 2.04. The standard InChI is InChI=1S/C8H9ClF2N2O/c1-14-5-2-4(3-9)6(12)7(13-5)8(10)11/h2,8H,3,12H2,1H3. The van der Waals surface area contributed by atoms with E-state index in [9.17, 15) is 8.78 Å². The van der Waals surface area contributed by atoms with Crippen molar-refractivity contribution < 1.29 is 13.5 Å². The van der Waals surface area contributed by atoms with Gasteiger partial charge in [-0.25, -0.2) is 13.8 Å². The zero-order chi connectivity index (χ0) is 10.7. The molecule has 0 aliphatic carbocycles. The van der Waals surface area contributed by atoms with E-state index in [0.717, 1.165) is 0 Å². The van der Waals surface area contributed by atoms with Crippen molar-refractivity contribution in [2.45, 2.75) is 12.3 Å². The highest BCUT2D eigenvalue weighted by molar-refractivity contribution is 6.17. The van der Waals surface area contributed by atoms with Crippen LogP contribution in [0.5, 0.6) is 5.88 Å². The van der Waals surface area contributed by atoms with Crippen LogP contribution >= 0.6 is 11.6 Å². The van der Waals surface area contributed by atoms with E-state index in [2.05, 4.69) is 4.98 Å². The van der Waals surface area contributed by atoms with Gasteiger partial charge < -0.3 is 10.5 Å². The molecular formula is C8H9ClF2N2O. The second-order valence-corrected chi connectivity index (χ2v) is 2.82. The molecule has 0 aliphatic rings. The molecule has 0 unspecified atom stereocenters. The molecule has 0 spiro atoms. The van der Waals surface area contributed by atoms with Crippen LogP contribution in [-0.4, -0.2) is 12.1 Å². The highest BCUT2D eigenvalue weighted by Crippen LogP contribution is 2.29. The SMILES string of the molecule is COc1cc(CCl)c(N)c(C(F)F)n1. The quantitative estimate of drug-likeness (QED) is 0.799. The molecule has 0 radical (unpaired) electrons. The van der Waals surface area contributed by atoms with Gasteiger partial charge in [0, 0.05) is 11.9 Å². The zero-order valence-corrected chi connectivity index (χ0v) is 8.18. The van der Waals surface area contributed by atoms with Crippen molar-refractivity contribution >= 4 is 17.3 Å². The van der Waals surface area contributed by atoms with Crippen LogP contribution in [0, 0.1) is 0 Å². The number of anilines is 1. The van der Waals surface area contributed by atoms with E-state index in [0.29, 0.717) is 5.56 Å². The molecule has 0 aliphatic heterocycles. The highest BCUT2D eigenvalue weighted by Gasteiger charge is 2.17. The van der Waals surface area contributed by atoms with Crippen LogP contribution in [0.25, 0.3) is 0 Å². The smallest absolute Gasteiger partial charge is 0.282 e. The number of halogens is 3.